The highest BCUT2D eigenvalue weighted by Gasteiger charge is 2.31. The number of nitrogens with zero attached hydrogens (tertiary/aromatic N) is 4. The predicted octanol–water partition coefficient (Wildman–Crippen LogP) is 3.01. The van der Waals surface area contributed by atoms with E-state index in [1.807, 2.05) is 32.2 Å². The van der Waals surface area contributed by atoms with Crippen molar-refractivity contribution < 1.29 is 19.4 Å². The van der Waals surface area contributed by atoms with Gasteiger partial charge in [-0.2, -0.15) is 0 Å². The van der Waals surface area contributed by atoms with Crippen LogP contribution in [0.5, 0.6) is 5.75 Å². The standard InChI is InChI=1S/C29H35N5O4/c1-20-16-34(21(2)19-35)28(36)15-24-14-25(32-29(37)23-8-12-31-13-9-23)4-5-26(24)38-27(20)18-33(3)17-22-6-10-30-11-7-22/h4-14,20-21,27,35H,15-19H2,1-3H3,(H,32,37)/t20-,21+,27+/m1/s1. The topological polar surface area (TPSA) is 108 Å². The Hall–Kier alpha value is -3.82. The Morgan fingerprint density at radius 3 is 2.53 bits per heavy atom. The van der Waals surface area contributed by atoms with Gasteiger partial charge >= 0.3 is 0 Å². The molecule has 1 aromatic carbocycles. The van der Waals surface area contributed by atoms with E-state index in [4.69, 9.17) is 4.74 Å². The molecule has 0 saturated heterocycles. The van der Waals surface area contributed by atoms with E-state index >= 15 is 0 Å². The molecule has 9 nitrogen and oxygen atoms in total. The molecule has 4 rings (SSSR count). The zero-order valence-corrected chi connectivity index (χ0v) is 22.1. The number of aliphatic hydroxyl groups is 1. The number of hydrogen-bond donors (Lipinski definition) is 2. The number of pyridine rings is 2. The van der Waals surface area contributed by atoms with Crippen molar-refractivity contribution in [3.63, 3.8) is 0 Å². The minimum Gasteiger partial charge on any atom is -0.488 e. The van der Waals surface area contributed by atoms with Crippen molar-refractivity contribution in [1.29, 1.82) is 0 Å². The molecular formula is C29H35N5O4. The van der Waals surface area contributed by atoms with E-state index < -0.39 is 0 Å². The fourth-order valence-corrected chi connectivity index (χ4v) is 4.60. The van der Waals surface area contributed by atoms with Gasteiger partial charge in [0.05, 0.1) is 19.1 Å². The van der Waals surface area contributed by atoms with Crippen molar-refractivity contribution >= 4 is 17.5 Å². The second-order valence-electron chi connectivity index (χ2n) is 9.95. The number of aromatic nitrogens is 2. The summed E-state index contributed by atoms with van der Waals surface area (Å²) in [5.74, 6) is 0.270. The number of benzene rings is 1. The highest BCUT2D eigenvalue weighted by Crippen LogP contribution is 2.29. The molecule has 0 unspecified atom stereocenters. The maximum absolute atomic E-state index is 13.4. The van der Waals surface area contributed by atoms with Crippen LogP contribution < -0.4 is 10.1 Å². The van der Waals surface area contributed by atoms with Crippen LogP contribution in [0.15, 0.2) is 67.3 Å². The second kappa shape index (κ2) is 12.6. The van der Waals surface area contributed by atoms with Crippen LogP contribution in [0, 0.1) is 5.92 Å². The molecule has 3 heterocycles. The quantitative estimate of drug-likeness (QED) is 0.473. The summed E-state index contributed by atoms with van der Waals surface area (Å²) in [6.45, 7) is 5.63. The van der Waals surface area contributed by atoms with Crippen molar-refractivity contribution in [1.82, 2.24) is 19.8 Å². The lowest BCUT2D eigenvalue weighted by atomic mass is 10.0. The van der Waals surface area contributed by atoms with Gasteiger partial charge in [0.25, 0.3) is 5.91 Å². The van der Waals surface area contributed by atoms with Gasteiger partial charge in [-0.15, -0.1) is 0 Å². The summed E-state index contributed by atoms with van der Waals surface area (Å²) in [6, 6.07) is 12.3. The van der Waals surface area contributed by atoms with Crippen molar-refractivity contribution in [2.75, 3.05) is 32.1 Å². The van der Waals surface area contributed by atoms with E-state index in [-0.39, 0.29) is 42.9 Å². The molecule has 9 heteroatoms. The van der Waals surface area contributed by atoms with Crippen molar-refractivity contribution in [3.8, 4) is 5.75 Å². The third-order valence-electron chi connectivity index (χ3n) is 6.81. The van der Waals surface area contributed by atoms with Gasteiger partial charge in [-0.1, -0.05) is 6.92 Å². The third-order valence-corrected chi connectivity index (χ3v) is 6.81. The number of likely N-dealkylation sites (N-methyl/N-ethyl adjacent to an activating group) is 1. The van der Waals surface area contributed by atoms with Crippen LogP contribution in [-0.2, 0) is 17.8 Å². The Morgan fingerprint density at radius 2 is 1.84 bits per heavy atom. The Balaban J connectivity index is 1.60. The SMILES string of the molecule is C[C@@H]1CN([C@@H](C)CO)C(=O)Cc2cc(NC(=O)c3ccncc3)ccc2O[C@H]1CN(C)Cc1ccncc1. The van der Waals surface area contributed by atoms with Gasteiger partial charge in [0.2, 0.25) is 5.91 Å². The lowest BCUT2D eigenvalue weighted by molar-refractivity contribution is -0.134. The highest BCUT2D eigenvalue weighted by atomic mass is 16.5. The van der Waals surface area contributed by atoms with E-state index in [0.717, 1.165) is 12.1 Å². The minimum absolute atomic E-state index is 0.00450. The van der Waals surface area contributed by atoms with E-state index in [2.05, 4.69) is 27.1 Å². The number of ether oxygens (including phenoxy) is 1. The van der Waals surface area contributed by atoms with Crippen LogP contribution in [0.1, 0.15) is 35.3 Å². The van der Waals surface area contributed by atoms with E-state index in [0.29, 0.717) is 35.7 Å². The predicted molar refractivity (Wildman–Crippen MR) is 145 cm³/mol. The summed E-state index contributed by atoms with van der Waals surface area (Å²) in [5, 5.41) is 12.8. The van der Waals surface area contributed by atoms with Gasteiger partial charge in [-0.05, 0) is 62.0 Å². The largest absolute Gasteiger partial charge is 0.488 e. The minimum atomic E-state index is -0.323. The maximum atomic E-state index is 13.4. The normalized spacial score (nSPS) is 18.6. The summed E-state index contributed by atoms with van der Waals surface area (Å²) < 4.78 is 6.58. The van der Waals surface area contributed by atoms with Gasteiger partial charge in [0.15, 0.2) is 0 Å². The van der Waals surface area contributed by atoms with Gasteiger partial charge in [-0.3, -0.25) is 24.5 Å². The summed E-state index contributed by atoms with van der Waals surface area (Å²) >= 11 is 0. The molecule has 2 aromatic heterocycles. The molecule has 0 radical (unpaired) electrons. The summed E-state index contributed by atoms with van der Waals surface area (Å²) in [4.78, 5) is 38.1. The van der Waals surface area contributed by atoms with E-state index in [9.17, 15) is 14.7 Å². The molecule has 1 aliphatic rings. The number of nitrogens with one attached hydrogen (secondary N) is 1. The van der Waals surface area contributed by atoms with Gasteiger partial charge in [0, 0.05) is 67.2 Å². The van der Waals surface area contributed by atoms with Gasteiger partial charge < -0.3 is 20.1 Å². The van der Waals surface area contributed by atoms with Gasteiger partial charge in [0.1, 0.15) is 11.9 Å². The summed E-state index contributed by atoms with van der Waals surface area (Å²) in [7, 11) is 2.04. The first-order valence-corrected chi connectivity index (χ1v) is 12.8. The Labute approximate surface area is 223 Å². The molecule has 38 heavy (non-hydrogen) atoms. The summed E-state index contributed by atoms with van der Waals surface area (Å²) in [6.07, 6.45) is 6.58. The van der Waals surface area contributed by atoms with Crippen LogP contribution in [0.2, 0.25) is 0 Å². The molecule has 2 N–H and O–H groups in total. The van der Waals surface area contributed by atoms with Crippen molar-refractivity contribution in [3.05, 3.63) is 83.9 Å². The highest BCUT2D eigenvalue weighted by molar-refractivity contribution is 6.04. The van der Waals surface area contributed by atoms with E-state index in [1.54, 1.807) is 54.0 Å². The number of aliphatic hydroxyl groups excluding tert-OH is 1. The maximum Gasteiger partial charge on any atom is 0.255 e. The molecule has 3 aromatic rings. The average Bonchev–Trinajstić information content (AvgIpc) is 2.97. The van der Waals surface area contributed by atoms with Crippen LogP contribution in [0.25, 0.3) is 0 Å². The molecule has 0 spiro atoms. The number of carbonyl (C=O) groups is 2. The monoisotopic (exact) mass is 517 g/mol. The first-order valence-electron chi connectivity index (χ1n) is 12.8. The van der Waals surface area contributed by atoms with Crippen LogP contribution in [0.3, 0.4) is 0 Å². The fraction of sp³-hybridized carbons (Fsp3) is 0.379. The van der Waals surface area contributed by atoms with Crippen LogP contribution >= 0.6 is 0 Å². The number of carbonyl (C=O) groups excluding carboxylic acids is 2. The summed E-state index contributed by atoms with van der Waals surface area (Å²) in [5.41, 5.74) is 2.90. The fourth-order valence-electron chi connectivity index (χ4n) is 4.60. The first kappa shape index (κ1) is 27.2. The Kier molecular flexibility index (Phi) is 9.04. The molecule has 0 fully saturated rings. The number of fused-ring (bicyclic) bond motifs is 1. The number of anilines is 1. The molecule has 0 bridgehead atoms. The second-order valence-corrected chi connectivity index (χ2v) is 9.95. The zero-order chi connectivity index (χ0) is 27.1. The average molecular weight is 518 g/mol. The van der Waals surface area contributed by atoms with Gasteiger partial charge in [-0.25, -0.2) is 0 Å². The third kappa shape index (κ3) is 6.93. The molecule has 1 aliphatic heterocycles. The van der Waals surface area contributed by atoms with E-state index in [1.165, 1.54) is 0 Å². The molecule has 3 atom stereocenters. The van der Waals surface area contributed by atoms with Crippen molar-refractivity contribution in [2.24, 2.45) is 5.92 Å². The first-order chi connectivity index (χ1) is 18.3. The Bertz CT molecular complexity index is 1220. The molecule has 2 amide bonds. The molecular weight excluding hydrogens is 482 g/mol. The number of hydrogen-bond acceptors (Lipinski definition) is 7. The van der Waals surface area contributed by atoms with Crippen LogP contribution in [0.4, 0.5) is 5.69 Å². The lowest BCUT2D eigenvalue weighted by Crippen LogP contribution is -2.47. The number of rotatable bonds is 8. The molecule has 0 aliphatic carbocycles. The smallest absolute Gasteiger partial charge is 0.255 e. The van der Waals surface area contributed by atoms with Crippen molar-refractivity contribution in [2.45, 2.75) is 39.0 Å². The molecule has 0 saturated carbocycles. The number of amides is 2. The lowest BCUT2D eigenvalue weighted by Gasteiger charge is -2.34. The molecule has 200 valence electrons. The zero-order valence-electron chi connectivity index (χ0n) is 22.1. The van der Waals surface area contributed by atoms with Crippen LogP contribution in [-0.4, -0.2) is 75.6 Å². The Morgan fingerprint density at radius 1 is 1.16 bits per heavy atom.